The number of para-hydroxylation sites is 1. The lowest BCUT2D eigenvalue weighted by atomic mass is 10.0. The molecule has 0 heterocycles. The fourth-order valence-corrected chi connectivity index (χ4v) is 3.22. The van der Waals surface area contributed by atoms with Gasteiger partial charge in [0.25, 0.3) is 0 Å². The van der Waals surface area contributed by atoms with Crippen LogP contribution in [0.4, 0.5) is 17.1 Å². The van der Waals surface area contributed by atoms with Gasteiger partial charge < -0.3 is 14.6 Å². The van der Waals surface area contributed by atoms with Crippen LogP contribution in [0.2, 0.25) is 0 Å². The van der Waals surface area contributed by atoms with Gasteiger partial charge in [-0.3, -0.25) is 0 Å². The van der Waals surface area contributed by atoms with Crippen LogP contribution in [-0.2, 0) is 0 Å². The Morgan fingerprint density at radius 1 is 0.536 bits per heavy atom. The minimum Gasteiger partial charge on any atom is -0.539 e. The zero-order valence-electron chi connectivity index (χ0n) is 15.4. The molecule has 4 aromatic carbocycles. The van der Waals surface area contributed by atoms with Crippen molar-refractivity contribution in [1.29, 1.82) is 0 Å². The molecule has 0 saturated carbocycles. The average Bonchev–Trinajstić information content (AvgIpc) is 2.77. The molecule has 4 rings (SSSR count). The average molecular weight is 365 g/mol. The van der Waals surface area contributed by atoms with Crippen LogP contribution in [0.15, 0.2) is 109 Å². The van der Waals surface area contributed by atoms with E-state index in [1.807, 2.05) is 48.5 Å². The Kier molecular flexibility index (Phi) is 5.41. The number of anilines is 3. The van der Waals surface area contributed by atoms with E-state index in [0.29, 0.717) is 5.75 Å². The molecule has 28 heavy (non-hydrogen) atoms. The van der Waals surface area contributed by atoms with E-state index in [-0.39, 0.29) is 7.69 Å². The molecular weight excluding hydrogens is 345 g/mol. The van der Waals surface area contributed by atoms with Crippen molar-refractivity contribution < 1.29 is 9.68 Å². The van der Waals surface area contributed by atoms with Crippen LogP contribution in [0.25, 0.3) is 11.1 Å². The lowest BCUT2D eigenvalue weighted by molar-refractivity contribution is 0.454. The maximum absolute atomic E-state index is 8.94. The molecule has 0 aliphatic carbocycles. The number of nitrogens with zero attached hydrogens (tertiary/aromatic N) is 1. The lowest BCUT2D eigenvalue weighted by Gasteiger charge is -2.25. The van der Waals surface area contributed by atoms with Crippen molar-refractivity contribution in [2.75, 3.05) is 4.90 Å². The standard InChI is InChI=1S/C24H20BNO2/c27-25-28-24-17-15-23(16-18-24)26(21-9-5-2-6-10-21)22-13-11-20(12-14-22)19-7-3-1-4-8-19/h1-18,25,27H. The third-order valence-corrected chi connectivity index (χ3v) is 4.57. The predicted molar refractivity (Wildman–Crippen MR) is 117 cm³/mol. The second kappa shape index (κ2) is 8.46. The molecule has 0 aliphatic rings. The largest absolute Gasteiger partial charge is 0.539 e. The highest BCUT2D eigenvalue weighted by molar-refractivity contribution is 6.17. The lowest BCUT2D eigenvalue weighted by Crippen LogP contribution is -2.09. The van der Waals surface area contributed by atoms with Gasteiger partial charge in [0.15, 0.2) is 0 Å². The van der Waals surface area contributed by atoms with Crippen LogP contribution in [0.5, 0.6) is 5.75 Å². The molecule has 0 fully saturated rings. The second-order valence-electron chi connectivity index (χ2n) is 6.35. The SMILES string of the molecule is OBOc1ccc(N(c2ccccc2)c2ccc(-c3ccccc3)cc2)cc1. The second-order valence-corrected chi connectivity index (χ2v) is 6.35. The molecule has 0 amide bonds. The molecule has 0 aromatic heterocycles. The van der Waals surface area contributed by atoms with Crippen LogP contribution < -0.4 is 9.55 Å². The summed E-state index contributed by atoms with van der Waals surface area (Å²) >= 11 is 0. The quantitative estimate of drug-likeness (QED) is 0.461. The first-order valence-electron chi connectivity index (χ1n) is 9.19. The first kappa shape index (κ1) is 17.9. The van der Waals surface area contributed by atoms with Gasteiger partial charge in [0.1, 0.15) is 5.75 Å². The Morgan fingerprint density at radius 2 is 1.00 bits per heavy atom. The molecule has 0 spiro atoms. The molecule has 1 N–H and O–H groups in total. The molecule has 4 aromatic rings. The highest BCUT2D eigenvalue weighted by Gasteiger charge is 2.12. The zero-order chi connectivity index (χ0) is 19.2. The van der Waals surface area contributed by atoms with Gasteiger partial charge in [-0.25, -0.2) is 0 Å². The molecule has 0 saturated heterocycles. The van der Waals surface area contributed by atoms with Crippen molar-refractivity contribution in [3.8, 4) is 16.9 Å². The number of benzene rings is 4. The molecule has 136 valence electrons. The van der Waals surface area contributed by atoms with Gasteiger partial charge in [-0.05, 0) is 59.7 Å². The van der Waals surface area contributed by atoms with Gasteiger partial charge in [0.05, 0.1) is 0 Å². The third-order valence-electron chi connectivity index (χ3n) is 4.57. The Bertz CT molecular complexity index is 1000. The van der Waals surface area contributed by atoms with Gasteiger partial charge >= 0.3 is 7.69 Å². The Labute approximate surface area is 165 Å². The summed E-state index contributed by atoms with van der Waals surface area (Å²) in [4.78, 5) is 2.19. The molecule has 4 heteroatoms. The summed E-state index contributed by atoms with van der Waals surface area (Å²) in [6, 6.07) is 36.9. The van der Waals surface area contributed by atoms with Crippen molar-refractivity contribution in [1.82, 2.24) is 0 Å². The van der Waals surface area contributed by atoms with Crippen molar-refractivity contribution >= 4 is 24.7 Å². The van der Waals surface area contributed by atoms with Crippen molar-refractivity contribution in [2.24, 2.45) is 0 Å². The van der Waals surface area contributed by atoms with E-state index in [9.17, 15) is 0 Å². The summed E-state index contributed by atoms with van der Waals surface area (Å²) in [5.41, 5.74) is 5.55. The molecule has 0 aliphatic heterocycles. The fourth-order valence-electron chi connectivity index (χ4n) is 3.22. The highest BCUT2D eigenvalue weighted by atomic mass is 16.5. The first-order valence-corrected chi connectivity index (χ1v) is 9.19. The molecule has 0 atom stereocenters. The van der Waals surface area contributed by atoms with E-state index in [0.717, 1.165) is 17.1 Å². The maximum atomic E-state index is 8.94. The molecule has 0 bridgehead atoms. The van der Waals surface area contributed by atoms with E-state index >= 15 is 0 Å². The highest BCUT2D eigenvalue weighted by Crippen LogP contribution is 2.36. The van der Waals surface area contributed by atoms with Crippen LogP contribution in [0.1, 0.15) is 0 Å². The van der Waals surface area contributed by atoms with Crippen LogP contribution in [0, 0.1) is 0 Å². The monoisotopic (exact) mass is 365 g/mol. The van der Waals surface area contributed by atoms with E-state index in [4.69, 9.17) is 9.68 Å². The van der Waals surface area contributed by atoms with Gasteiger partial charge in [-0.2, -0.15) is 0 Å². The van der Waals surface area contributed by atoms with Gasteiger partial charge in [-0.1, -0.05) is 60.7 Å². The van der Waals surface area contributed by atoms with Crippen LogP contribution in [-0.4, -0.2) is 12.7 Å². The topological polar surface area (TPSA) is 32.7 Å². The molecule has 0 unspecified atom stereocenters. The summed E-state index contributed by atoms with van der Waals surface area (Å²) in [6.07, 6.45) is 0. The van der Waals surface area contributed by atoms with E-state index in [1.165, 1.54) is 11.1 Å². The first-order chi connectivity index (χ1) is 13.8. The summed E-state index contributed by atoms with van der Waals surface area (Å²) in [6.45, 7) is 0. The van der Waals surface area contributed by atoms with Gasteiger partial charge in [0.2, 0.25) is 0 Å². The number of hydrogen-bond donors (Lipinski definition) is 1. The van der Waals surface area contributed by atoms with Crippen LogP contribution >= 0.6 is 0 Å². The minimum absolute atomic E-state index is 0.331. The van der Waals surface area contributed by atoms with Crippen molar-refractivity contribution in [3.05, 3.63) is 109 Å². The van der Waals surface area contributed by atoms with Crippen molar-refractivity contribution in [3.63, 3.8) is 0 Å². The predicted octanol–water partition coefficient (Wildman–Crippen LogP) is 5.46. The van der Waals surface area contributed by atoms with Gasteiger partial charge in [-0.15, -0.1) is 0 Å². The summed E-state index contributed by atoms with van der Waals surface area (Å²) in [7, 11) is -0.331. The number of rotatable bonds is 6. The van der Waals surface area contributed by atoms with Crippen molar-refractivity contribution in [2.45, 2.75) is 0 Å². The maximum Gasteiger partial charge on any atom is 0.504 e. The zero-order valence-corrected chi connectivity index (χ0v) is 15.4. The minimum atomic E-state index is -0.331. The molecule has 3 nitrogen and oxygen atoms in total. The summed E-state index contributed by atoms with van der Waals surface area (Å²) in [5.74, 6) is 0.638. The van der Waals surface area contributed by atoms with E-state index in [1.54, 1.807) is 0 Å². The smallest absolute Gasteiger partial charge is 0.504 e. The Balaban J connectivity index is 1.71. The Morgan fingerprint density at radius 3 is 1.57 bits per heavy atom. The molecule has 0 radical (unpaired) electrons. The fraction of sp³-hybridized carbons (Fsp3) is 0. The van der Waals surface area contributed by atoms with E-state index in [2.05, 4.69) is 65.6 Å². The van der Waals surface area contributed by atoms with E-state index < -0.39 is 0 Å². The number of hydrogen-bond acceptors (Lipinski definition) is 3. The molecular formula is C24H20BNO2. The Hall–Kier alpha value is -3.50. The van der Waals surface area contributed by atoms with Crippen LogP contribution in [0.3, 0.4) is 0 Å². The summed E-state index contributed by atoms with van der Waals surface area (Å²) in [5, 5.41) is 8.94. The third kappa shape index (κ3) is 3.92. The normalized spacial score (nSPS) is 10.3. The summed E-state index contributed by atoms with van der Waals surface area (Å²) < 4.78 is 5.15. The van der Waals surface area contributed by atoms with Gasteiger partial charge in [0, 0.05) is 17.1 Å².